The second-order valence-electron chi connectivity index (χ2n) is 11.8. The average Bonchev–Trinajstić information content (AvgIpc) is 2.91. The minimum Gasteiger partial charge on any atom is -0.444 e. The van der Waals surface area contributed by atoms with Gasteiger partial charge in [0.05, 0.1) is 28.4 Å². The Bertz CT molecular complexity index is 1390. The summed E-state index contributed by atoms with van der Waals surface area (Å²) in [4.78, 5) is 12.7. The number of alkyl carbamates (subject to hydrolysis) is 1. The Morgan fingerprint density at radius 3 is 2.12 bits per heavy atom. The van der Waals surface area contributed by atoms with Gasteiger partial charge in [0.1, 0.15) is 5.60 Å². The summed E-state index contributed by atoms with van der Waals surface area (Å²) in [6.45, 7) is 9.48. The second-order valence-corrected chi connectivity index (χ2v) is 13.8. The van der Waals surface area contributed by atoms with Gasteiger partial charge < -0.3 is 26.2 Å². The number of ether oxygens (including phenoxy) is 1. The molecule has 9 nitrogen and oxygen atoms in total. The lowest BCUT2D eigenvalue weighted by Crippen LogP contribution is -2.51. The number of aliphatic hydroxyl groups is 1. The van der Waals surface area contributed by atoms with Crippen LogP contribution in [0.15, 0.2) is 83.8 Å². The van der Waals surface area contributed by atoms with Crippen LogP contribution in [0.25, 0.3) is 0 Å². The molecule has 10 heteroatoms. The number of anilines is 2. The Hall–Kier alpha value is -3.60. The van der Waals surface area contributed by atoms with Gasteiger partial charge in [-0.15, -0.1) is 0 Å². The Morgan fingerprint density at radius 2 is 1.55 bits per heavy atom. The zero-order valence-corrected chi connectivity index (χ0v) is 25.9. The van der Waals surface area contributed by atoms with E-state index in [0.29, 0.717) is 17.9 Å². The number of nitrogens with one attached hydrogen (secondary N) is 2. The molecule has 0 saturated carbocycles. The van der Waals surface area contributed by atoms with Crippen LogP contribution in [0.3, 0.4) is 0 Å². The number of aliphatic hydroxyl groups excluding tert-OH is 1. The van der Waals surface area contributed by atoms with E-state index in [1.165, 1.54) is 16.4 Å². The van der Waals surface area contributed by atoms with Gasteiger partial charge in [-0.2, -0.15) is 4.31 Å². The van der Waals surface area contributed by atoms with Crippen LogP contribution in [0.1, 0.15) is 45.7 Å². The van der Waals surface area contributed by atoms with E-state index in [1.54, 1.807) is 26.8 Å². The number of rotatable bonds is 13. The van der Waals surface area contributed by atoms with E-state index >= 15 is 0 Å². The minimum absolute atomic E-state index is 0.0252. The molecule has 0 unspecified atom stereocenters. The molecule has 0 aromatic heterocycles. The first-order valence-corrected chi connectivity index (χ1v) is 15.6. The van der Waals surface area contributed by atoms with Crippen molar-refractivity contribution in [3.05, 3.63) is 90.0 Å². The highest BCUT2D eigenvalue weighted by molar-refractivity contribution is 7.89. The van der Waals surface area contributed by atoms with Crippen LogP contribution in [0.4, 0.5) is 16.2 Å². The molecule has 42 heavy (non-hydrogen) atoms. The fraction of sp³-hybridized carbons (Fsp3) is 0.406. The van der Waals surface area contributed by atoms with Gasteiger partial charge in [-0.25, -0.2) is 13.2 Å². The summed E-state index contributed by atoms with van der Waals surface area (Å²) in [6.07, 6.45) is -1.63. The molecule has 1 amide bonds. The highest BCUT2D eigenvalue weighted by Gasteiger charge is 2.32. The number of nitrogen functional groups attached to an aromatic ring is 1. The lowest BCUT2D eigenvalue weighted by atomic mass is 10.0. The van der Waals surface area contributed by atoms with E-state index in [9.17, 15) is 18.3 Å². The third-order valence-corrected chi connectivity index (χ3v) is 8.24. The van der Waals surface area contributed by atoms with Crippen LogP contribution in [-0.2, 0) is 27.7 Å². The predicted molar refractivity (Wildman–Crippen MR) is 168 cm³/mol. The molecule has 0 aliphatic carbocycles. The molecule has 0 aliphatic rings. The molecule has 0 fully saturated rings. The first-order chi connectivity index (χ1) is 19.7. The van der Waals surface area contributed by atoms with E-state index in [0.717, 1.165) is 11.1 Å². The predicted octanol–water partition coefficient (Wildman–Crippen LogP) is 5.02. The number of hydrogen-bond acceptors (Lipinski definition) is 7. The van der Waals surface area contributed by atoms with Crippen molar-refractivity contribution in [3.8, 4) is 0 Å². The number of sulfonamides is 1. The van der Waals surface area contributed by atoms with Gasteiger partial charge in [-0.05, 0) is 62.4 Å². The summed E-state index contributed by atoms with van der Waals surface area (Å²) in [7, 11) is -4.04. The van der Waals surface area contributed by atoms with Crippen molar-refractivity contribution in [1.29, 1.82) is 0 Å². The zero-order chi connectivity index (χ0) is 30.9. The number of carbonyl (C=O) groups is 1. The SMILES string of the molecule is CC(C)CN(C[C@@H](O)[C@H](Cc1ccccc1)NC(=O)OC(C)(C)C)S(=O)(=O)c1ccc(N)c(NCc2ccccc2)c1. The molecule has 0 bridgehead atoms. The molecule has 0 spiro atoms. The highest BCUT2D eigenvalue weighted by atomic mass is 32.2. The lowest BCUT2D eigenvalue weighted by molar-refractivity contribution is 0.0400. The molecule has 3 aromatic rings. The van der Waals surface area contributed by atoms with Crippen LogP contribution >= 0.6 is 0 Å². The summed E-state index contributed by atoms with van der Waals surface area (Å²) in [5.74, 6) is -0.0252. The molecular formula is C32H44N4O5S. The van der Waals surface area contributed by atoms with Gasteiger partial charge in [0.25, 0.3) is 0 Å². The topological polar surface area (TPSA) is 134 Å². The molecule has 0 saturated heterocycles. The summed E-state index contributed by atoms with van der Waals surface area (Å²) < 4.78 is 34.6. The molecule has 2 atom stereocenters. The Balaban J connectivity index is 1.86. The largest absolute Gasteiger partial charge is 0.444 e. The van der Waals surface area contributed by atoms with Gasteiger partial charge in [0.2, 0.25) is 10.0 Å². The quantitative estimate of drug-likeness (QED) is 0.204. The number of benzene rings is 3. The number of nitrogens with two attached hydrogens (primary N) is 1. The van der Waals surface area contributed by atoms with Crippen molar-refractivity contribution >= 4 is 27.5 Å². The normalized spacial score (nSPS) is 13.5. The standard InChI is InChI=1S/C32H44N4O5S/c1-23(2)21-36(22-30(37)29(18-24-12-8-6-9-13-24)35-31(38)41-32(3,4)5)42(39,40)26-16-17-27(33)28(19-26)34-20-25-14-10-7-11-15-25/h6-17,19,23,29-30,34,37H,18,20-22,33H2,1-5H3,(H,35,38)/t29-,30+/m0/s1. The van der Waals surface area contributed by atoms with E-state index in [-0.39, 0.29) is 30.3 Å². The Kier molecular flexibility index (Phi) is 11.4. The number of hydrogen-bond donors (Lipinski definition) is 4. The van der Waals surface area contributed by atoms with Crippen molar-refractivity contribution in [3.63, 3.8) is 0 Å². The Labute approximate surface area is 250 Å². The fourth-order valence-electron chi connectivity index (χ4n) is 4.42. The van der Waals surface area contributed by atoms with Gasteiger partial charge >= 0.3 is 6.09 Å². The van der Waals surface area contributed by atoms with Gasteiger partial charge in [0.15, 0.2) is 0 Å². The lowest BCUT2D eigenvalue weighted by Gasteiger charge is -2.31. The van der Waals surface area contributed by atoms with Gasteiger partial charge in [-0.3, -0.25) is 0 Å². The first-order valence-electron chi connectivity index (χ1n) is 14.1. The first kappa shape index (κ1) is 32.9. The number of carbonyl (C=O) groups excluding carboxylic acids is 1. The van der Waals surface area contributed by atoms with Crippen LogP contribution < -0.4 is 16.4 Å². The molecule has 0 heterocycles. The average molecular weight is 597 g/mol. The van der Waals surface area contributed by atoms with Crippen molar-refractivity contribution in [2.45, 2.75) is 70.2 Å². The van der Waals surface area contributed by atoms with Crippen LogP contribution in [0.5, 0.6) is 0 Å². The van der Waals surface area contributed by atoms with Crippen molar-refractivity contribution < 1.29 is 23.1 Å². The third kappa shape index (κ3) is 10.0. The molecule has 228 valence electrons. The summed E-state index contributed by atoms with van der Waals surface area (Å²) >= 11 is 0. The molecular weight excluding hydrogens is 552 g/mol. The van der Waals surface area contributed by atoms with Gasteiger partial charge in [-0.1, -0.05) is 74.5 Å². The smallest absolute Gasteiger partial charge is 0.407 e. The molecule has 5 N–H and O–H groups in total. The molecule has 0 radical (unpaired) electrons. The molecule has 0 aliphatic heterocycles. The number of nitrogens with zero attached hydrogens (tertiary/aromatic N) is 1. The fourth-order valence-corrected chi connectivity index (χ4v) is 6.06. The zero-order valence-electron chi connectivity index (χ0n) is 25.1. The van der Waals surface area contributed by atoms with E-state index < -0.39 is 33.9 Å². The van der Waals surface area contributed by atoms with Crippen LogP contribution in [0.2, 0.25) is 0 Å². The maximum atomic E-state index is 14.0. The second kappa shape index (κ2) is 14.5. The minimum atomic E-state index is -4.04. The maximum Gasteiger partial charge on any atom is 0.407 e. The van der Waals surface area contributed by atoms with Crippen molar-refractivity contribution in [1.82, 2.24) is 9.62 Å². The monoisotopic (exact) mass is 596 g/mol. The summed E-state index contributed by atoms with van der Waals surface area (Å²) in [6, 6.07) is 22.9. The number of amides is 1. The van der Waals surface area contributed by atoms with E-state index in [2.05, 4.69) is 10.6 Å². The summed E-state index contributed by atoms with van der Waals surface area (Å²) in [5, 5.41) is 17.4. The van der Waals surface area contributed by atoms with Gasteiger partial charge in [0, 0.05) is 19.6 Å². The highest BCUT2D eigenvalue weighted by Crippen LogP contribution is 2.27. The van der Waals surface area contributed by atoms with Crippen LogP contribution in [-0.4, -0.2) is 54.8 Å². The van der Waals surface area contributed by atoms with Crippen molar-refractivity contribution in [2.24, 2.45) is 5.92 Å². The molecule has 3 rings (SSSR count). The van der Waals surface area contributed by atoms with E-state index in [1.807, 2.05) is 74.5 Å². The molecule has 3 aromatic carbocycles. The summed E-state index contributed by atoms with van der Waals surface area (Å²) in [5.41, 5.74) is 8.26. The van der Waals surface area contributed by atoms with Crippen LogP contribution in [0, 0.1) is 5.92 Å². The van der Waals surface area contributed by atoms with E-state index in [4.69, 9.17) is 10.5 Å². The van der Waals surface area contributed by atoms with Crippen molar-refractivity contribution in [2.75, 3.05) is 24.1 Å². The Morgan fingerprint density at radius 1 is 0.952 bits per heavy atom. The third-order valence-electron chi connectivity index (χ3n) is 6.41. The maximum absolute atomic E-state index is 14.0.